The van der Waals surface area contributed by atoms with Gasteiger partial charge in [-0.05, 0) is 36.1 Å². The van der Waals surface area contributed by atoms with E-state index in [-0.39, 0.29) is 5.92 Å². The maximum atomic E-state index is 11.5. The summed E-state index contributed by atoms with van der Waals surface area (Å²) in [4.78, 5) is 22.7. The van der Waals surface area contributed by atoms with Gasteiger partial charge in [0.1, 0.15) is 12.1 Å². The lowest BCUT2D eigenvalue weighted by molar-refractivity contribution is -0.141. The van der Waals surface area contributed by atoms with Gasteiger partial charge in [-0.15, -0.1) is 0 Å². The average molecular weight is 373 g/mol. The van der Waals surface area contributed by atoms with Gasteiger partial charge in [0.25, 0.3) is 0 Å². The Balaban J connectivity index is 1.72. The van der Waals surface area contributed by atoms with Crippen LogP contribution in [0, 0.1) is 5.92 Å². The van der Waals surface area contributed by atoms with Gasteiger partial charge in [0.05, 0.1) is 28.5 Å². The van der Waals surface area contributed by atoms with E-state index in [4.69, 9.17) is 0 Å². The third-order valence-corrected chi connectivity index (χ3v) is 5.49. The predicted molar refractivity (Wildman–Crippen MR) is 107 cm³/mol. The van der Waals surface area contributed by atoms with Gasteiger partial charge in [0.15, 0.2) is 0 Å². The topological polar surface area (TPSA) is 95.0 Å². The maximum Gasteiger partial charge on any atom is 0.308 e. The van der Waals surface area contributed by atoms with Crippen LogP contribution < -0.4 is 4.90 Å². The smallest absolute Gasteiger partial charge is 0.308 e. The van der Waals surface area contributed by atoms with Crippen LogP contribution in [0.1, 0.15) is 12.8 Å². The molecule has 7 nitrogen and oxygen atoms in total. The Kier molecular flexibility index (Phi) is 3.93. The van der Waals surface area contributed by atoms with E-state index in [9.17, 15) is 9.90 Å². The lowest BCUT2D eigenvalue weighted by Crippen LogP contribution is -2.39. The lowest BCUT2D eigenvalue weighted by Gasteiger charge is -2.32. The number of aromatic amines is 1. The van der Waals surface area contributed by atoms with Crippen molar-refractivity contribution in [1.29, 1.82) is 0 Å². The summed E-state index contributed by atoms with van der Waals surface area (Å²) in [5.41, 5.74) is 3.90. The van der Waals surface area contributed by atoms with E-state index in [1.807, 2.05) is 30.5 Å². The minimum Gasteiger partial charge on any atom is -0.481 e. The van der Waals surface area contributed by atoms with Crippen molar-refractivity contribution in [2.24, 2.45) is 5.92 Å². The molecule has 1 fully saturated rings. The minimum absolute atomic E-state index is 0.372. The summed E-state index contributed by atoms with van der Waals surface area (Å²) >= 11 is 0. The summed E-state index contributed by atoms with van der Waals surface area (Å²) in [7, 11) is 0. The number of rotatable bonds is 3. The SMILES string of the molecule is O=C(O)[C@@H]1CCCN(c2ncnc3cccc(-c4cccc5[nH]ncc45)c23)C1. The molecule has 1 saturated heterocycles. The highest BCUT2D eigenvalue weighted by molar-refractivity contribution is 6.07. The normalized spacial score (nSPS) is 17.3. The van der Waals surface area contributed by atoms with Gasteiger partial charge in [0.2, 0.25) is 0 Å². The number of carboxylic acids is 1. The second kappa shape index (κ2) is 6.60. The molecule has 3 heterocycles. The molecule has 140 valence electrons. The molecule has 1 aliphatic rings. The molecule has 0 unspecified atom stereocenters. The number of aliphatic carboxylic acids is 1. The molecule has 2 N–H and O–H groups in total. The summed E-state index contributed by atoms with van der Waals surface area (Å²) < 4.78 is 0. The monoisotopic (exact) mass is 373 g/mol. The first-order chi connectivity index (χ1) is 13.7. The number of carbonyl (C=O) groups is 1. The van der Waals surface area contributed by atoms with Gasteiger partial charge in [-0.25, -0.2) is 9.97 Å². The van der Waals surface area contributed by atoms with Crippen LogP contribution in [-0.2, 0) is 4.79 Å². The Morgan fingerprint density at radius 3 is 2.89 bits per heavy atom. The van der Waals surface area contributed by atoms with Gasteiger partial charge in [-0.2, -0.15) is 5.10 Å². The van der Waals surface area contributed by atoms with Crippen molar-refractivity contribution >= 4 is 33.6 Å². The number of nitrogens with zero attached hydrogens (tertiary/aromatic N) is 4. The number of anilines is 1. The van der Waals surface area contributed by atoms with Crippen molar-refractivity contribution in [1.82, 2.24) is 20.2 Å². The molecule has 1 aliphatic heterocycles. The van der Waals surface area contributed by atoms with Crippen LogP contribution in [0.15, 0.2) is 48.9 Å². The number of hydrogen-bond acceptors (Lipinski definition) is 5. The van der Waals surface area contributed by atoms with E-state index >= 15 is 0 Å². The Labute approximate surface area is 161 Å². The molecule has 4 aromatic rings. The maximum absolute atomic E-state index is 11.5. The fourth-order valence-electron chi connectivity index (χ4n) is 4.13. The van der Waals surface area contributed by atoms with Crippen molar-refractivity contribution in [3.8, 4) is 11.1 Å². The number of fused-ring (bicyclic) bond motifs is 2. The number of piperidine rings is 1. The van der Waals surface area contributed by atoms with E-state index < -0.39 is 5.97 Å². The number of nitrogens with one attached hydrogen (secondary N) is 1. The summed E-state index contributed by atoms with van der Waals surface area (Å²) in [5, 5.41) is 18.7. The zero-order valence-corrected chi connectivity index (χ0v) is 15.2. The highest BCUT2D eigenvalue weighted by Gasteiger charge is 2.27. The molecule has 0 aliphatic carbocycles. The Morgan fingerprint density at radius 1 is 1.14 bits per heavy atom. The highest BCUT2D eigenvalue weighted by Crippen LogP contribution is 2.37. The second-order valence-electron chi connectivity index (χ2n) is 7.16. The lowest BCUT2D eigenvalue weighted by atomic mass is 9.95. The Hall–Kier alpha value is -3.48. The van der Waals surface area contributed by atoms with E-state index in [1.165, 1.54) is 0 Å². The summed E-state index contributed by atoms with van der Waals surface area (Å²) in [6.07, 6.45) is 4.93. The van der Waals surface area contributed by atoms with Crippen LogP contribution in [0.2, 0.25) is 0 Å². The first kappa shape index (κ1) is 16.7. The molecule has 2 aromatic carbocycles. The summed E-state index contributed by atoms with van der Waals surface area (Å²) in [5.74, 6) is -0.318. The van der Waals surface area contributed by atoms with Crippen molar-refractivity contribution in [3.05, 3.63) is 48.9 Å². The van der Waals surface area contributed by atoms with Crippen LogP contribution in [0.5, 0.6) is 0 Å². The molecule has 7 heteroatoms. The Bertz CT molecular complexity index is 1180. The molecule has 0 spiro atoms. The molecular formula is C21H19N5O2. The van der Waals surface area contributed by atoms with E-state index in [1.54, 1.807) is 6.33 Å². The standard InChI is InChI=1S/C21H19N5O2/c27-21(28)13-4-3-9-26(11-13)20-19-15(6-2-8-18(19)22-12-23-20)14-5-1-7-17-16(14)10-24-25-17/h1-2,5-8,10,12-13H,3-4,9,11H2,(H,24,25)(H,27,28)/t13-/m1/s1. The largest absolute Gasteiger partial charge is 0.481 e. The zero-order valence-electron chi connectivity index (χ0n) is 15.2. The fraction of sp³-hybridized carbons (Fsp3) is 0.238. The molecule has 5 rings (SSSR count). The number of benzene rings is 2. The van der Waals surface area contributed by atoms with Gasteiger partial charge < -0.3 is 10.0 Å². The zero-order chi connectivity index (χ0) is 19.1. The molecule has 28 heavy (non-hydrogen) atoms. The molecular weight excluding hydrogens is 354 g/mol. The van der Waals surface area contributed by atoms with E-state index in [2.05, 4.69) is 37.2 Å². The highest BCUT2D eigenvalue weighted by atomic mass is 16.4. The molecule has 0 saturated carbocycles. The van der Waals surface area contributed by atoms with Crippen LogP contribution >= 0.6 is 0 Å². The quantitative estimate of drug-likeness (QED) is 0.571. The number of hydrogen-bond donors (Lipinski definition) is 2. The van der Waals surface area contributed by atoms with Crippen molar-refractivity contribution < 1.29 is 9.90 Å². The Morgan fingerprint density at radius 2 is 2.00 bits per heavy atom. The van der Waals surface area contributed by atoms with E-state index in [0.717, 1.165) is 51.7 Å². The summed E-state index contributed by atoms with van der Waals surface area (Å²) in [6, 6.07) is 12.1. The molecule has 0 bridgehead atoms. The van der Waals surface area contributed by atoms with E-state index in [0.29, 0.717) is 13.0 Å². The number of carboxylic acid groups (broad SMARTS) is 1. The third-order valence-electron chi connectivity index (χ3n) is 5.49. The second-order valence-corrected chi connectivity index (χ2v) is 7.16. The number of H-pyrrole nitrogens is 1. The van der Waals surface area contributed by atoms with Crippen LogP contribution in [-0.4, -0.2) is 44.3 Å². The first-order valence-electron chi connectivity index (χ1n) is 9.36. The first-order valence-corrected chi connectivity index (χ1v) is 9.36. The summed E-state index contributed by atoms with van der Waals surface area (Å²) in [6.45, 7) is 1.26. The number of aromatic nitrogens is 4. The molecule has 0 amide bonds. The minimum atomic E-state index is -0.744. The van der Waals surface area contributed by atoms with Crippen molar-refractivity contribution in [3.63, 3.8) is 0 Å². The molecule has 2 aromatic heterocycles. The molecule has 0 radical (unpaired) electrons. The van der Waals surface area contributed by atoms with Crippen LogP contribution in [0.4, 0.5) is 5.82 Å². The predicted octanol–water partition coefficient (Wildman–Crippen LogP) is 3.47. The van der Waals surface area contributed by atoms with Crippen LogP contribution in [0.3, 0.4) is 0 Å². The fourth-order valence-corrected chi connectivity index (χ4v) is 4.13. The molecule has 1 atom stereocenters. The van der Waals surface area contributed by atoms with Gasteiger partial charge >= 0.3 is 5.97 Å². The van der Waals surface area contributed by atoms with Crippen molar-refractivity contribution in [2.75, 3.05) is 18.0 Å². The third kappa shape index (κ3) is 2.67. The van der Waals surface area contributed by atoms with Gasteiger partial charge in [0, 0.05) is 18.5 Å². The average Bonchev–Trinajstić information content (AvgIpc) is 3.22. The van der Waals surface area contributed by atoms with Crippen LogP contribution in [0.25, 0.3) is 32.9 Å². The van der Waals surface area contributed by atoms with Gasteiger partial charge in [-0.1, -0.05) is 24.3 Å². The van der Waals surface area contributed by atoms with Gasteiger partial charge in [-0.3, -0.25) is 9.89 Å². The van der Waals surface area contributed by atoms with Crippen molar-refractivity contribution in [2.45, 2.75) is 12.8 Å².